The number of nitrogens with zero attached hydrogens (tertiary/aromatic N) is 1. The fourth-order valence-corrected chi connectivity index (χ4v) is 3.07. The van der Waals surface area contributed by atoms with Gasteiger partial charge in [0.05, 0.1) is 18.8 Å². The molecule has 3 rings (SSSR count). The monoisotopic (exact) mass is 255 g/mol. The Labute approximate surface area is 109 Å². The van der Waals surface area contributed by atoms with Gasteiger partial charge in [-0.2, -0.15) is 0 Å². The number of aliphatic hydroxyl groups excluding tert-OH is 1. The highest BCUT2D eigenvalue weighted by molar-refractivity contribution is 5.95. The fourth-order valence-electron chi connectivity index (χ4n) is 3.07. The van der Waals surface area contributed by atoms with Gasteiger partial charge in [-0.25, -0.2) is 0 Å². The Morgan fingerprint density at radius 1 is 1.33 bits per heavy atom. The number of Topliss-reactive ketones (excluding diaryl/α,β-unsaturated/α-hetero) is 1. The molecule has 3 fully saturated rings. The Hall–Kier alpha value is -0.450. The summed E-state index contributed by atoms with van der Waals surface area (Å²) in [4.78, 5) is 14.8. The normalized spacial score (nSPS) is 40.3. The van der Waals surface area contributed by atoms with Gasteiger partial charge < -0.3 is 9.84 Å². The average molecular weight is 255 g/mol. The Bertz CT molecular complexity index is 339. The second-order valence-corrected chi connectivity index (χ2v) is 6.97. The lowest BCUT2D eigenvalue weighted by Gasteiger charge is -2.56. The second kappa shape index (κ2) is 4.29. The fraction of sp³-hybridized carbons (Fsp3) is 0.929. The summed E-state index contributed by atoms with van der Waals surface area (Å²) in [7, 11) is 0. The third-order valence-electron chi connectivity index (χ3n) is 4.45. The number of piperidine rings is 3. The van der Waals surface area contributed by atoms with Crippen LogP contribution in [0.3, 0.4) is 0 Å². The first-order valence-electron chi connectivity index (χ1n) is 6.78. The van der Waals surface area contributed by atoms with Crippen LogP contribution < -0.4 is 0 Å². The minimum absolute atomic E-state index is 0.141. The number of hydrogen-bond donors (Lipinski definition) is 1. The molecule has 3 heterocycles. The zero-order valence-electron chi connectivity index (χ0n) is 12.0. The predicted molar refractivity (Wildman–Crippen MR) is 69.4 cm³/mol. The molecule has 0 amide bonds. The summed E-state index contributed by atoms with van der Waals surface area (Å²) in [5.41, 5.74) is -1.36. The van der Waals surface area contributed by atoms with Gasteiger partial charge in [0.15, 0.2) is 5.78 Å². The zero-order chi connectivity index (χ0) is 13.6. The Morgan fingerprint density at radius 2 is 1.89 bits per heavy atom. The van der Waals surface area contributed by atoms with Gasteiger partial charge in [-0.3, -0.25) is 9.69 Å². The number of hydrogen-bond acceptors (Lipinski definition) is 4. The van der Waals surface area contributed by atoms with Gasteiger partial charge >= 0.3 is 0 Å². The summed E-state index contributed by atoms with van der Waals surface area (Å²) < 4.78 is 5.81. The van der Waals surface area contributed by atoms with Crippen molar-refractivity contribution in [2.75, 3.05) is 26.3 Å². The van der Waals surface area contributed by atoms with E-state index in [1.807, 2.05) is 27.7 Å². The van der Waals surface area contributed by atoms with E-state index in [0.717, 1.165) is 25.9 Å². The van der Waals surface area contributed by atoms with Gasteiger partial charge in [0.25, 0.3) is 0 Å². The number of ether oxygens (including phenoxy) is 1. The van der Waals surface area contributed by atoms with Crippen molar-refractivity contribution in [2.24, 2.45) is 5.41 Å². The molecule has 1 N–H and O–H groups in total. The van der Waals surface area contributed by atoms with E-state index < -0.39 is 5.54 Å². The van der Waals surface area contributed by atoms with Crippen LogP contribution in [-0.2, 0) is 9.53 Å². The van der Waals surface area contributed by atoms with E-state index in [0.29, 0.717) is 6.61 Å². The molecular formula is C14H25NO3. The molecule has 1 unspecified atom stereocenters. The third-order valence-corrected chi connectivity index (χ3v) is 4.45. The van der Waals surface area contributed by atoms with E-state index in [2.05, 4.69) is 4.90 Å². The van der Waals surface area contributed by atoms with Crippen LogP contribution in [0, 0.1) is 5.41 Å². The van der Waals surface area contributed by atoms with E-state index in [1.165, 1.54) is 0 Å². The predicted octanol–water partition coefficient (Wildman–Crippen LogP) is 1.22. The molecule has 0 aromatic heterocycles. The van der Waals surface area contributed by atoms with Crippen LogP contribution in [0.4, 0.5) is 0 Å². The maximum atomic E-state index is 12.7. The van der Waals surface area contributed by atoms with Crippen molar-refractivity contribution in [3.05, 3.63) is 0 Å². The lowest BCUT2D eigenvalue weighted by molar-refractivity contribution is -0.176. The summed E-state index contributed by atoms with van der Waals surface area (Å²) in [6.45, 7) is 9.88. The molecule has 0 aromatic rings. The van der Waals surface area contributed by atoms with Crippen LogP contribution in [0.2, 0.25) is 0 Å². The van der Waals surface area contributed by atoms with Gasteiger partial charge in [0.2, 0.25) is 0 Å². The highest BCUT2D eigenvalue weighted by Crippen LogP contribution is 2.45. The highest BCUT2D eigenvalue weighted by atomic mass is 16.5. The number of aliphatic hydroxyl groups is 1. The van der Waals surface area contributed by atoms with E-state index >= 15 is 0 Å². The summed E-state index contributed by atoms with van der Waals surface area (Å²) in [5.74, 6) is 0.166. The quantitative estimate of drug-likeness (QED) is 0.824. The van der Waals surface area contributed by atoms with Crippen molar-refractivity contribution in [1.82, 2.24) is 4.90 Å². The van der Waals surface area contributed by atoms with Crippen LogP contribution in [0.25, 0.3) is 0 Å². The van der Waals surface area contributed by atoms with Crippen LogP contribution in [0.5, 0.6) is 0 Å². The first-order valence-corrected chi connectivity index (χ1v) is 6.78. The van der Waals surface area contributed by atoms with Gasteiger partial charge in [0.1, 0.15) is 5.54 Å². The van der Waals surface area contributed by atoms with Crippen molar-refractivity contribution < 1.29 is 14.6 Å². The van der Waals surface area contributed by atoms with Crippen molar-refractivity contribution in [3.8, 4) is 0 Å². The SMILES string of the molecule is CC(C)(C)OCC1(CO)C(=O)C2(C)CCN1CC2. The minimum Gasteiger partial charge on any atom is -0.394 e. The van der Waals surface area contributed by atoms with E-state index in [9.17, 15) is 9.90 Å². The molecule has 3 aliphatic heterocycles. The van der Waals surface area contributed by atoms with Crippen molar-refractivity contribution >= 4 is 5.78 Å². The maximum Gasteiger partial charge on any atom is 0.163 e. The molecule has 4 heteroatoms. The third kappa shape index (κ3) is 2.10. The smallest absolute Gasteiger partial charge is 0.163 e. The van der Waals surface area contributed by atoms with Crippen LogP contribution in [-0.4, -0.2) is 53.2 Å². The van der Waals surface area contributed by atoms with Gasteiger partial charge in [-0.1, -0.05) is 6.92 Å². The first kappa shape index (κ1) is 14.0. The standard InChI is InChI=1S/C14H25NO3/c1-12(2,3)18-10-14(9-16)11(17)13(4)5-7-15(14)8-6-13/h16H,5-10H2,1-4H3. The molecule has 1 atom stereocenters. The van der Waals surface area contributed by atoms with Crippen molar-refractivity contribution in [3.63, 3.8) is 0 Å². The number of ketones is 1. The average Bonchev–Trinajstić information content (AvgIpc) is 2.30. The number of carbonyl (C=O) groups is 1. The van der Waals surface area contributed by atoms with E-state index in [1.54, 1.807) is 0 Å². The molecular weight excluding hydrogens is 230 g/mol. The largest absolute Gasteiger partial charge is 0.394 e. The summed E-state index contributed by atoms with van der Waals surface area (Å²) in [5, 5.41) is 9.80. The Balaban J connectivity index is 2.23. The lowest BCUT2D eigenvalue weighted by Crippen LogP contribution is -2.72. The highest BCUT2D eigenvalue weighted by Gasteiger charge is 2.58. The summed E-state index contributed by atoms with van der Waals surface area (Å²) in [6.07, 6.45) is 1.81. The van der Waals surface area contributed by atoms with Gasteiger partial charge in [-0.05, 0) is 33.6 Å². The lowest BCUT2D eigenvalue weighted by atomic mass is 9.64. The van der Waals surface area contributed by atoms with Crippen molar-refractivity contribution in [1.29, 1.82) is 0 Å². The van der Waals surface area contributed by atoms with Gasteiger partial charge in [-0.15, -0.1) is 0 Å². The van der Waals surface area contributed by atoms with E-state index in [-0.39, 0.29) is 23.4 Å². The first-order chi connectivity index (χ1) is 8.23. The van der Waals surface area contributed by atoms with E-state index in [4.69, 9.17) is 4.74 Å². The minimum atomic E-state index is -0.807. The van der Waals surface area contributed by atoms with Gasteiger partial charge in [0, 0.05) is 18.5 Å². The topological polar surface area (TPSA) is 49.8 Å². The number of rotatable bonds is 3. The molecule has 2 bridgehead atoms. The molecule has 4 nitrogen and oxygen atoms in total. The Kier molecular flexibility index (Phi) is 3.33. The molecule has 0 spiro atoms. The Morgan fingerprint density at radius 3 is 2.33 bits per heavy atom. The number of carbonyl (C=O) groups excluding carboxylic acids is 1. The maximum absolute atomic E-state index is 12.7. The molecule has 0 aromatic carbocycles. The second-order valence-electron chi connectivity index (χ2n) is 6.97. The van der Waals surface area contributed by atoms with Crippen LogP contribution >= 0.6 is 0 Å². The molecule has 3 saturated heterocycles. The van der Waals surface area contributed by atoms with Crippen LogP contribution in [0.15, 0.2) is 0 Å². The van der Waals surface area contributed by atoms with Crippen molar-refractivity contribution in [2.45, 2.75) is 51.7 Å². The molecule has 0 aliphatic carbocycles. The molecule has 3 aliphatic rings. The zero-order valence-corrected chi connectivity index (χ0v) is 12.0. The number of fused-ring (bicyclic) bond motifs is 3. The summed E-state index contributed by atoms with van der Waals surface area (Å²) in [6, 6.07) is 0. The molecule has 104 valence electrons. The molecule has 0 saturated carbocycles. The van der Waals surface area contributed by atoms with Crippen LogP contribution in [0.1, 0.15) is 40.5 Å². The summed E-state index contributed by atoms with van der Waals surface area (Å²) >= 11 is 0. The molecule has 18 heavy (non-hydrogen) atoms. The molecule has 0 radical (unpaired) electrons.